The summed E-state index contributed by atoms with van der Waals surface area (Å²) in [4.78, 5) is 25.8. The summed E-state index contributed by atoms with van der Waals surface area (Å²) in [5.74, 6) is -0.623. The van der Waals surface area contributed by atoms with Crippen molar-refractivity contribution in [1.29, 1.82) is 0 Å². The van der Waals surface area contributed by atoms with Gasteiger partial charge in [-0.3, -0.25) is 9.59 Å². The first-order valence-corrected chi connectivity index (χ1v) is 7.83. The lowest BCUT2D eigenvalue weighted by Gasteiger charge is -2.47. The number of ether oxygens (including phenoxy) is 1. The minimum atomic E-state index is -0.324. The molecule has 5 nitrogen and oxygen atoms in total. The van der Waals surface area contributed by atoms with Gasteiger partial charge in [0, 0.05) is 24.9 Å². The Balaban J connectivity index is 1.64. The normalized spacial score (nSPS) is 32.7. The van der Waals surface area contributed by atoms with Crippen molar-refractivity contribution >= 4 is 11.8 Å². The van der Waals surface area contributed by atoms with Gasteiger partial charge in [-0.1, -0.05) is 19.3 Å². The number of nitrogens with two attached hydrogens (primary N) is 1. The fourth-order valence-corrected chi connectivity index (χ4v) is 3.90. The molecule has 5 heteroatoms. The van der Waals surface area contributed by atoms with E-state index in [1.165, 1.54) is 19.3 Å². The molecular formula is C15H24N2O3. The smallest absolute Gasteiger partial charge is 0.226 e. The van der Waals surface area contributed by atoms with Crippen LogP contribution in [0.3, 0.4) is 0 Å². The zero-order valence-electron chi connectivity index (χ0n) is 12.0. The molecular weight excluding hydrogens is 256 g/mol. The highest BCUT2D eigenvalue weighted by Gasteiger charge is 2.45. The Morgan fingerprint density at radius 3 is 2.40 bits per heavy atom. The molecule has 3 fully saturated rings. The number of morpholine rings is 1. The van der Waals surface area contributed by atoms with Crippen molar-refractivity contribution in [3.63, 3.8) is 0 Å². The van der Waals surface area contributed by atoms with E-state index >= 15 is 0 Å². The summed E-state index contributed by atoms with van der Waals surface area (Å²) in [7, 11) is 0. The molecule has 0 aromatic carbocycles. The maximum Gasteiger partial charge on any atom is 0.226 e. The van der Waals surface area contributed by atoms with E-state index in [0.29, 0.717) is 19.7 Å². The highest BCUT2D eigenvalue weighted by Crippen LogP contribution is 2.38. The summed E-state index contributed by atoms with van der Waals surface area (Å²) in [6, 6.07) is 0. The standard InChI is InChI=1S/C15H24N2O3/c16-13(18)11-4-5-12(11)14(19)17-8-9-20-15(10-17)6-2-1-3-7-15/h11-12H,1-10H2,(H2,16,18)/t11-,12+/m1/s1. The largest absolute Gasteiger partial charge is 0.371 e. The summed E-state index contributed by atoms with van der Waals surface area (Å²) in [6.45, 7) is 1.98. The van der Waals surface area contributed by atoms with Crippen LogP contribution >= 0.6 is 0 Å². The number of primary amides is 1. The highest BCUT2D eigenvalue weighted by molar-refractivity contribution is 5.88. The van der Waals surface area contributed by atoms with Gasteiger partial charge in [-0.05, 0) is 25.7 Å². The van der Waals surface area contributed by atoms with Crippen LogP contribution in [0.1, 0.15) is 44.9 Å². The summed E-state index contributed by atoms with van der Waals surface area (Å²) in [5, 5.41) is 0. The Morgan fingerprint density at radius 2 is 1.80 bits per heavy atom. The van der Waals surface area contributed by atoms with E-state index < -0.39 is 0 Å². The molecule has 20 heavy (non-hydrogen) atoms. The lowest BCUT2D eigenvalue weighted by molar-refractivity contribution is -0.165. The van der Waals surface area contributed by atoms with E-state index in [9.17, 15) is 9.59 Å². The van der Waals surface area contributed by atoms with Crippen molar-refractivity contribution in [2.75, 3.05) is 19.7 Å². The van der Waals surface area contributed by atoms with Gasteiger partial charge in [-0.2, -0.15) is 0 Å². The van der Waals surface area contributed by atoms with Gasteiger partial charge in [-0.15, -0.1) is 0 Å². The first-order chi connectivity index (χ1) is 9.61. The highest BCUT2D eigenvalue weighted by atomic mass is 16.5. The number of amides is 2. The number of carbonyl (C=O) groups excluding carboxylic acids is 2. The Hall–Kier alpha value is -1.10. The fraction of sp³-hybridized carbons (Fsp3) is 0.867. The van der Waals surface area contributed by atoms with Gasteiger partial charge in [0.05, 0.1) is 12.2 Å². The zero-order chi connectivity index (χ0) is 14.2. The zero-order valence-corrected chi connectivity index (χ0v) is 12.0. The molecule has 0 unspecified atom stereocenters. The lowest BCUT2D eigenvalue weighted by atomic mass is 9.72. The summed E-state index contributed by atoms with van der Waals surface area (Å²) < 4.78 is 6.01. The summed E-state index contributed by atoms with van der Waals surface area (Å²) in [5.41, 5.74) is 5.24. The second-order valence-electron chi connectivity index (χ2n) is 6.54. The van der Waals surface area contributed by atoms with E-state index in [1.807, 2.05) is 4.90 Å². The fourth-order valence-electron chi connectivity index (χ4n) is 3.90. The molecule has 0 radical (unpaired) electrons. The van der Waals surface area contributed by atoms with E-state index in [4.69, 9.17) is 10.5 Å². The Bertz CT molecular complexity index is 398. The van der Waals surface area contributed by atoms with Gasteiger partial charge in [0.15, 0.2) is 0 Å². The maximum atomic E-state index is 12.6. The summed E-state index contributed by atoms with van der Waals surface area (Å²) in [6.07, 6.45) is 7.33. The van der Waals surface area contributed by atoms with Gasteiger partial charge in [0.1, 0.15) is 0 Å². The molecule has 2 atom stereocenters. The maximum absolute atomic E-state index is 12.6. The topological polar surface area (TPSA) is 72.6 Å². The second kappa shape index (κ2) is 5.35. The van der Waals surface area contributed by atoms with Crippen LogP contribution in [0, 0.1) is 11.8 Å². The molecule has 2 aliphatic carbocycles. The second-order valence-corrected chi connectivity index (χ2v) is 6.54. The van der Waals surface area contributed by atoms with Crippen molar-refractivity contribution in [3.05, 3.63) is 0 Å². The predicted molar refractivity (Wildman–Crippen MR) is 73.8 cm³/mol. The average molecular weight is 280 g/mol. The third kappa shape index (κ3) is 2.43. The molecule has 2 saturated carbocycles. The molecule has 2 amide bonds. The Kier molecular flexibility index (Phi) is 3.71. The summed E-state index contributed by atoms with van der Waals surface area (Å²) >= 11 is 0. The third-order valence-corrected chi connectivity index (χ3v) is 5.28. The van der Waals surface area contributed by atoms with Crippen LogP contribution in [0.15, 0.2) is 0 Å². The van der Waals surface area contributed by atoms with Crippen molar-refractivity contribution in [3.8, 4) is 0 Å². The van der Waals surface area contributed by atoms with Crippen LogP contribution in [0.4, 0.5) is 0 Å². The minimum absolute atomic E-state index is 0.113. The molecule has 1 aliphatic heterocycles. The van der Waals surface area contributed by atoms with Crippen LogP contribution in [0.25, 0.3) is 0 Å². The molecule has 1 saturated heterocycles. The molecule has 1 spiro atoms. The number of rotatable bonds is 2. The van der Waals surface area contributed by atoms with E-state index in [0.717, 1.165) is 25.7 Å². The molecule has 1 heterocycles. The number of hydrogen-bond donors (Lipinski definition) is 1. The first-order valence-electron chi connectivity index (χ1n) is 7.83. The molecule has 0 aromatic heterocycles. The van der Waals surface area contributed by atoms with Gasteiger partial charge >= 0.3 is 0 Å². The van der Waals surface area contributed by atoms with Crippen molar-refractivity contribution in [1.82, 2.24) is 4.90 Å². The van der Waals surface area contributed by atoms with E-state index in [2.05, 4.69) is 0 Å². The van der Waals surface area contributed by atoms with E-state index in [-0.39, 0.29) is 29.3 Å². The number of hydrogen-bond acceptors (Lipinski definition) is 3. The first kappa shape index (κ1) is 13.9. The van der Waals surface area contributed by atoms with E-state index in [1.54, 1.807) is 0 Å². The molecule has 3 rings (SSSR count). The van der Waals surface area contributed by atoms with Gasteiger partial charge in [0.25, 0.3) is 0 Å². The van der Waals surface area contributed by atoms with Gasteiger partial charge in [0.2, 0.25) is 11.8 Å². The van der Waals surface area contributed by atoms with Crippen LogP contribution in [0.2, 0.25) is 0 Å². The third-order valence-electron chi connectivity index (χ3n) is 5.28. The van der Waals surface area contributed by atoms with Gasteiger partial charge in [-0.25, -0.2) is 0 Å². The lowest BCUT2D eigenvalue weighted by Crippen LogP contribution is -2.57. The van der Waals surface area contributed by atoms with Crippen molar-refractivity contribution < 1.29 is 14.3 Å². The SMILES string of the molecule is NC(=O)[C@@H]1CC[C@@H]1C(=O)N1CCOC2(CCCCC2)C1. The Labute approximate surface area is 119 Å². The average Bonchev–Trinajstić information content (AvgIpc) is 2.37. The number of nitrogens with zero attached hydrogens (tertiary/aromatic N) is 1. The molecule has 0 bridgehead atoms. The van der Waals surface area contributed by atoms with Crippen LogP contribution in [0.5, 0.6) is 0 Å². The molecule has 3 aliphatic rings. The number of carbonyl (C=O) groups is 2. The van der Waals surface area contributed by atoms with Crippen molar-refractivity contribution in [2.24, 2.45) is 17.6 Å². The van der Waals surface area contributed by atoms with Crippen molar-refractivity contribution in [2.45, 2.75) is 50.5 Å². The minimum Gasteiger partial charge on any atom is -0.371 e. The van der Waals surface area contributed by atoms with Crippen LogP contribution in [-0.4, -0.2) is 42.0 Å². The molecule has 112 valence electrons. The monoisotopic (exact) mass is 280 g/mol. The Morgan fingerprint density at radius 1 is 1.10 bits per heavy atom. The quantitative estimate of drug-likeness (QED) is 0.822. The predicted octanol–water partition coefficient (Wildman–Crippen LogP) is 1.06. The molecule has 2 N–H and O–H groups in total. The van der Waals surface area contributed by atoms with Crippen LogP contribution in [-0.2, 0) is 14.3 Å². The van der Waals surface area contributed by atoms with Crippen LogP contribution < -0.4 is 5.73 Å². The molecule has 0 aromatic rings. The van der Waals surface area contributed by atoms with Gasteiger partial charge < -0.3 is 15.4 Å².